The van der Waals surface area contributed by atoms with E-state index in [0.717, 1.165) is 38.3 Å². The number of piperazine rings is 2. The highest BCUT2D eigenvalue weighted by Gasteiger charge is 2.37. The van der Waals surface area contributed by atoms with Crippen molar-refractivity contribution >= 4 is 11.8 Å². The van der Waals surface area contributed by atoms with E-state index in [1.807, 2.05) is 7.05 Å². The number of hydrogen-bond acceptors (Lipinski definition) is 4. The number of fused-ring (bicyclic) bond motifs is 1. The molecule has 0 unspecified atom stereocenters. The van der Waals surface area contributed by atoms with Crippen LogP contribution in [0.3, 0.4) is 0 Å². The third-order valence-electron chi connectivity index (χ3n) is 4.68. The molecule has 0 radical (unpaired) electrons. The monoisotopic (exact) mass is 334 g/mol. The van der Waals surface area contributed by atoms with Crippen molar-refractivity contribution in [2.24, 2.45) is 0 Å². The largest absolute Gasteiger partial charge is 0.346 e. The van der Waals surface area contributed by atoms with Crippen LogP contribution in [0, 0.1) is 5.82 Å². The lowest BCUT2D eigenvalue weighted by atomic mass is 10.1. The minimum absolute atomic E-state index is 0.0753. The Hall–Kier alpha value is -1.99. The fourth-order valence-electron chi connectivity index (χ4n) is 3.27. The molecule has 0 aliphatic carbocycles. The predicted molar refractivity (Wildman–Crippen MR) is 87.7 cm³/mol. The number of halogens is 1. The third-order valence-corrected chi connectivity index (χ3v) is 4.68. The van der Waals surface area contributed by atoms with Crippen LogP contribution in [0.25, 0.3) is 0 Å². The number of carbonyl (C=O) groups excluding carboxylic acids is 2. The lowest BCUT2D eigenvalue weighted by Gasteiger charge is -2.43. The highest BCUT2D eigenvalue weighted by molar-refractivity contribution is 6.35. The van der Waals surface area contributed by atoms with Crippen LogP contribution >= 0.6 is 0 Å². The summed E-state index contributed by atoms with van der Waals surface area (Å²) in [6.07, 6.45) is 0. The number of nitrogens with one attached hydrogen (secondary N) is 1. The van der Waals surface area contributed by atoms with Gasteiger partial charge in [-0.1, -0.05) is 12.1 Å². The van der Waals surface area contributed by atoms with Crippen LogP contribution in [0.2, 0.25) is 0 Å². The second-order valence-corrected chi connectivity index (χ2v) is 6.53. The maximum absolute atomic E-state index is 12.9. The first kappa shape index (κ1) is 16.9. The van der Waals surface area contributed by atoms with Crippen molar-refractivity contribution < 1.29 is 14.0 Å². The Morgan fingerprint density at radius 3 is 2.75 bits per heavy atom. The van der Waals surface area contributed by atoms with Gasteiger partial charge in [0.1, 0.15) is 5.82 Å². The van der Waals surface area contributed by atoms with Gasteiger partial charge in [-0.25, -0.2) is 4.39 Å². The molecule has 3 rings (SSSR count). The quantitative estimate of drug-likeness (QED) is 0.764. The first-order valence-corrected chi connectivity index (χ1v) is 8.27. The summed E-state index contributed by atoms with van der Waals surface area (Å²) in [6, 6.07) is 6.65. The summed E-state index contributed by atoms with van der Waals surface area (Å²) in [5.74, 6) is -1.11. The molecule has 1 aromatic carbocycles. The van der Waals surface area contributed by atoms with Crippen molar-refractivity contribution in [2.45, 2.75) is 12.6 Å². The number of likely N-dealkylation sites (N-methyl/N-ethyl adjacent to an activating group) is 1. The highest BCUT2D eigenvalue weighted by Crippen LogP contribution is 2.13. The average molecular weight is 334 g/mol. The van der Waals surface area contributed by atoms with Gasteiger partial charge in [-0.3, -0.25) is 14.5 Å². The molecular weight excluding hydrogens is 311 g/mol. The molecule has 2 aliphatic heterocycles. The number of rotatable bonds is 5. The Kier molecular flexibility index (Phi) is 5.11. The molecule has 0 aromatic heterocycles. The lowest BCUT2D eigenvalue weighted by molar-refractivity contribution is -0.152. The molecule has 2 amide bonds. The SMILES string of the molecule is CN(CCN1CCN2C(=O)C(=O)NC[C@H]2C1)Cc1ccc(F)cc1. The molecule has 0 saturated carbocycles. The van der Waals surface area contributed by atoms with E-state index in [1.165, 1.54) is 12.1 Å². The molecule has 2 heterocycles. The van der Waals surface area contributed by atoms with Gasteiger partial charge in [-0.2, -0.15) is 0 Å². The zero-order valence-electron chi connectivity index (χ0n) is 13.9. The number of hydrogen-bond donors (Lipinski definition) is 1. The Morgan fingerprint density at radius 1 is 1.25 bits per heavy atom. The van der Waals surface area contributed by atoms with E-state index in [-0.39, 0.29) is 11.9 Å². The van der Waals surface area contributed by atoms with Gasteiger partial charge in [0.15, 0.2) is 0 Å². The summed E-state index contributed by atoms with van der Waals surface area (Å²) in [4.78, 5) is 29.4. The summed E-state index contributed by atoms with van der Waals surface area (Å²) in [5, 5.41) is 2.66. The van der Waals surface area contributed by atoms with Crippen molar-refractivity contribution in [1.29, 1.82) is 0 Å². The van der Waals surface area contributed by atoms with Crippen molar-refractivity contribution in [3.8, 4) is 0 Å². The summed E-state index contributed by atoms with van der Waals surface area (Å²) in [6.45, 7) is 5.30. The van der Waals surface area contributed by atoms with Gasteiger partial charge in [-0.05, 0) is 24.7 Å². The predicted octanol–water partition coefficient (Wildman–Crippen LogP) is -0.0999. The van der Waals surface area contributed by atoms with Crippen molar-refractivity contribution in [3.63, 3.8) is 0 Å². The highest BCUT2D eigenvalue weighted by atomic mass is 19.1. The molecule has 1 aromatic rings. The van der Waals surface area contributed by atoms with E-state index in [0.29, 0.717) is 13.1 Å². The molecule has 0 bridgehead atoms. The van der Waals surface area contributed by atoms with Gasteiger partial charge in [0.05, 0.1) is 6.04 Å². The number of nitrogens with zero attached hydrogens (tertiary/aromatic N) is 3. The first-order valence-electron chi connectivity index (χ1n) is 8.27. The van der Waals surface area contributed by atoms with E-state index in [2.05, 4.69) is 15.1 Å². The van der Waals surface area contributed by atoms with Crippen molar-refractivity contribution in [1.82, 2.24) is 20.0 Å². The summed E-state index contributed by atoms with van der Waals surface area (Å²) >= 11 is 0. The van der Waals surface area contributed by atoms with Gasteiger partial charge >= 0.3 is 11.8 Å². The Labute approximate surface area is 141 Å². The normalized spacial score (nSPS) is 21.8. The molecule has 2 aliphatic rings. The van der Waals surface area contributed by atoms with Crippen LogP contribution < -0.4 is 5.32 Å². The molecule has 2 fully saturated rings. The van der Waals surface area contributed by atoms with Gasteiger partial charge in [0.25, 0.3) is 0 Å². The molecular formula is C17H23FN4O2. The third kappa shape index (κ3) is 3.91. The van der Waals surface area contributed by atoms with Gasteiger partial charge < -0.3 is 15.1 Å². The van der Waals surface area contributed by atoms with Crippen LogP contribution in [0.1, 0.15) is 5.56 Å². The van der Waals surface area contributed by atoms with E-state index >= 15 is 0 Å². The van der Waals surface area contributed by atoms with E-state index in [1.54, 1.807) is 17.0 Å². The minimum atomic E-state index is -0.487. The molecule has 7 heteroatoms. The summed E-state index contributed by atoms with van der Waals surface area (Å²) in [7, 11) is 2.05. The summed E-state index contributed by atoms with van der Waals surface area (Å²) < 4.78 is 12.9. The Balaban J connectivity index is 1.45. The van der Waals surface area contributed by atoms with Crippen molar-refractivity contribution in [2.75, 3.05) is 46.3 Å². The molecule has 0 spiro atoms. The van der Waals surface area contributed by atoms with Crippen LogP contribution in [0.15, 0.2) is 24.3 Å². The Bertz CT molecular complexity index is 607. The van der Waals surface area contributed by atoms with Crippen LogP contribution in [0.4, 0.5) is 4.39 Å². The second kappa shape index (κ2) is 7.27. The minimum Gasteiger partial charge on any atom is -0.346 e. The number of benzene rings is 1. The van der Waals surface area contributed by atoms with Gasteiger partial charge in [0.2, 0.25) is 0 Å². The number of carbonyl (C=O) groups is 2. The van der Waals surface area contributed by atoms with Crippen LogP contribution in [-0.2, 0) is 16.1 Å². The molecule has 24 heavy (non-hydrogen) atoms. The standard InChI is InChI=1S/C17H23FN4O2/c1-20(11-13-2-4-14(18)5-3-13)6-7-21-8-9-22-15(12-21)10-19-16(23)17(22)24/h2-5,15H,6-12H2,1H3,(H,19,23)/t15-/m0/s1. The zero-order chi connectivity index (χ0) is 17.1. The number of amides is 2. The maximum Gasteiger partial charge on any atom is 0.312 e. The summed E-state index contributed by atoms with van der Waals surface area (Å²) in [5.41, 5.74) is 1.09. The fourth-order valence-corrected chi connectivity index (χ4v) is 3.27. The molecule has 2 saturated heterocycles. The molecule has 6 nitrogen and oxygen atoms in total. The van der Waals surface area contributed by atoms with E-state index in [4.69, 9.17) is 0 Å². The molecule has 1 N–H and O–H groups in total. The van der Waals surface area contributed by atoms with E-state index in [9.17, 15) is 14.0 Å². The van der Waals surface area contributed by atoms with Crippen LogP contribution in [-0.4, -0.2) is 78.9 Å². The smallest absolute Gasteiger partial charge is 0.312 e. The first-order chi connectivity index (χ1) is 11.5. The Morgan fingerprint density at radius 2 is 2.00 bits per heavy atom. The lowest BCUT2D eigenvalue weighted by Crippen LogP contribution is -2.65. The molecule has 1 atom stereocenters. The van der Waals surface area contributed by atoms with Gasteiger partial charge in [-0.15, -0.1) is 0 Å². The second-order valence-electron chi connectivity index (χ2n) is 6.53. The zero-order valence-corrected chi connectivity index (χ0v) is 13.9. The topological polar surface area (TPSA) is 55.9 Å². The van der Waals surface area contributed by atoms with E-state index < -0.39 is 11.8 Å². The fraction of sp³-hybridized carbons (Fsp3) is 0.529. The maximum atomic E-state index is 12.9. The van der Waals surface area contributed by atoms with Crippen LogP contribution in [0.5, 0.6) is 0 Å². The average Bonchev–Trinajstić information content (AvgIpc) is 2.58. The van der Waals surface area contributed by atoms with Crippen molar-refractivity contribution in [3.05, 3.63) is 35.6 Å². The van der Waals surface area contributed by atoms with Gasteiger partial charge in [0, 0.05) is 45.8 Å². The molecule has 130 valence electrons.